The van der Waals surface area contributed by atoms with Crippen molar-refractivity contribution in [2.75, 3.05) is 7.11 Å². The number of hydrogen-bond donors (Lipinski definition) is 2. The van der Waals surface area contributed by atoms with Gasteiger partial charge in [0.15, 0.2) is 6.10 Å². The Morgan fingerprint density at radius 2 is 1.94 bits per heavy atom. The molecule has 2 heterocycles. The third-order valence-corrected chi connectivity index (χ3v) is 4.96. The molecule has 0 fully saturated rings. The number of hydrogen-bond acceptors (Lipinski definition) is 6. The SMILES string of the molecule is COc1ccc(CC(OC(C)C)C(=O)O)cc1CNC(=O)c1cc(-c2ccccn2)nn1C. The van der Waals surface area contributed by atoms with Gasteiger partial charge in [0.25, 0.3) is 5.91 Å². The van der Waals surface area contributed by atoms with E-state index in [1.807, 2.05) is 24.3 Å². The minimum Gasteiger partial charge on any atom is -0.496 e. The number of nitrogens with zero attached hydrogens (tertiary/aromatic N) is 3. The Kier molecular flexibility index (Phi) is 7.78. The van der Waals surface area contributed by atoms with Gasteiger partial charge >= 0.3 is 5.97 Å². The van der Waals surface area contributed by atoms with Gasteiger partial charge in [-0.3, -0.25) is 14.5 Å². The van der Waals surface area contributed by atoms with E-state index in [0.29, 0.717) is 22.8 Å². The van der Waals surface area contributed by atoms with Gasteiger partial charge in [-0.1, -0.05) is 18.2 Å². The molecule has 0 saturated heterocycles. The van der Waals surface area contributed by atoms with Crippen LogP contribution in [0.3, 0.4) is 0 Å². The van der Waals surface area contributed by atoms with Crippen molar-refractivity contribution >= 4 is 11.9 Å². The zero-order valence-electron chi connectivity index (χ0n) is 19.1. The van der Waals surface area contributed by atoms with Crippen LogP contribution in [-0.4, -0.2) is 51.1 Å². The summed E-state index contributed by atoms with van der Waals surface area (Å²) in [4.78, 5) is 28.6. The second-order valence-corrected chi connectivity index (χ2v) is 7.80. The maximum absolute atomic E-state index is 12.8. The fourth-order valence-corrected chi connectivity index (χ4v) is 3.42. The minimum atomic E-state index is -1.02. The molecule has 0 aliphatic rings. The molecule has 9 heteroatoms. The molecule has 2 aromatic heterocycles. The maximum atomic E-state index is 12.8. The Labute approximate surface area is 192 Å². The second-order valence-electron chi connectivity index (χ2n) is 7.80. The molecule has 0 radical (unpaired) electrons. The average Bonchev–Trinajstić information content (AvgIpc) is 3.19. The van der Waals surface area contributed by atoms with Gasteiger partial charge in [0.1, 0.15) is 17.1 Å². The number of ether oxygens (including phenoxy) is 2. The van der Waals surface area contributed by atoms with E-state index in [2.05, 4.69) is 15.4 Å². The monoisotopic (exact) mass is 452 g/mol. The number of carbonyl (C=O) groups is 2. The molecule has 0 bridgehead atoms. The first kappa shape index (κ1) is 23.9. The number of pyridine rings is 1. The summed E-state index contributed by atoms with van der Waals surface area (Å²) < 4.78 is 12.4. The van der Waals surface area contributed by atoms with Gasteiger partial charge in [0, 0.05) is 31.8 Å². The van der Waals surface area contributed by atoms with Crippen molar-refractivity contribution in [2.45, 2.75) is 39.0 Å². The smallest absolute Gasteiger partial charge is 0.333 e. The standard InChI is InChI=1S/C24H28N4O5/c1-15(2)33-22(24(30)31)12-16-8-9-21(32-4)17(11-16)14-26-23(29)20-13-19(27-28(20)3)18-7-5-6-10-25-18/h5-11,13,15,22H,12,14H2,1-4H3,(H,26,29)(H,30,31). The summed E-state index contributed by atoms with van der Waals surface area (Å²) in [6.07, 6.45) is 0.705. The van der Waals surface area contributed by atoms with Gasteiger partial charge in [-0.15, -0.1) is 0 Å². The highest BCUT2D eigenvalue weighted by atomic mass is 16.5. The first-order valence-electron chi connectivity index (χ1n) is 10.6. The fraction of sp³-hybridized carbons (Fsp3) is 0.333. The summed E-state index contributed by atoms with van der Waals surface area (Å²) in [5.74, 6) is -0.727. The Morgan fingerprint density at radius 3 is 2.58 bits per heavy atom. The zero-order valence-corrected chi connectivity index (χ0v) is 19.1. The second kappa shape index (κ2) is 10.7. The molecular weight excluding hydrogens is 424 g/mol. The van der Waals surface area contributed by atoms with Crippen LogP contribution < -0.4 is 10.1 Å². The summed E-state index contributed by atoms with van der Waals surface area (Å²) in [6.45, 7) is 3.79. The molecule has 0 spiro atoms. The first-order chi connectivity index (χ1) is 15.8. The molecule has 0 aliphatic heterocycles. The number of aryl methyl sites for hydroxylation is 1. The van der Waals surface area contributed by atoms with Crippen molar-refractivity contribution in [1.29, 1.82) is 0 Å². The molecule has 1 unspecified atom stereocenters. The van der Waals surface area contributed by atoms with Crippen LogP contribution in [-0.2, 0) is 29.5 Å². The Balaban J connectivity index is 1.74. The van der Waals surface area contributed by atoms with Gasteiger partial charge < -0.3 is 19.9 Å². The molecular formula is C24H28N4O5. The third-order valence-electron chi connectivity index (χ3n) is 4.96. The fourth-order valence-electron chi connectivity index (χ4n) is 3.42. The summed E-state index contributed by atoms with van der Waals surface area (Å²) in [5.41, 5.74) is 3.17. The number of amides is 1. The van der Waals surface area contributed by atoms with Gasteiger partial charge in [-0.05, 0) is 43.7 Å². The third kappa shape index (κ3) is 6.17. The number of rotatable bonds is 10. The number of methoxy groups -OCH3 is 1. The summed E-state index contributed by atoms with van der Waals surface area (Å²) in [7, 11) is 3.24. The van der Waals surface area contributed by atoms with E-state index in [1.54, 1.807) is 52.4 Å². The molecule has 9 nitrogen and oxygen atoms in total. The van der Waals surface area contributed by atoms with Crippen LogP contribution in [0.4, 0.5) is 0 Å². The predicted octanol–water partition coefficient (Wildman–Crippen LogP) is 2.84. The van der Waals surface area contributed by atoms with E-state index in [-0.39, 0.29) is 25.0 Å². The molecule has 1 aromatic carbocycles. The highest BCUT2D eigenvalue weighted by molar-refractivity contribution is 5.93. The lowest BCUT2D eigenvalue weighted by Gasteiger charge is -2.18. The number of aromatic nitrogens is 3. The average molecular weight is 453 g/mol. The number of aliphatic carboxylic acids is 1. The minimum absolute atomic E-state index is 0.197. The molecule has 33 heavy (non-hydrogen) atoms. The Morgan fingerprint density at radius 1 is 1.15 bits per heavy atom. The largest absolute Gasteiger partial charge is 0.496 e. The molecule has 0 aliphatic carbocycles. The van der Waals surface area contributed by atoms with Crippen LogP contribution in [0.25, 0.3) is 11.4 Å². The van der Waals surface area contributed by atoms with Crippen LogP contribution in [0, 0.1) is 0 Å². The normalized spacial score (nSPS) is 11.9. The molecule has 3 aromatic rings. The van der Waals surface area contributed by atoms with Crippen molar-refractivity contribution in [3.8, 4) is 17.1 Å². The van der Waals surface area contributed by atoms with Crippen molar-refractivity contribution in [1.82, 2.24) is 20.1 Å². The Bertz CT molecular complexity index is 1110. The van der Waals surface area contributed by atoms with Crippen molar-refractivity contribution in [3.05, 3.63) is 65.5 Å². The number of carbonyl (C=O) groups excluding carboxylic acids is 1. The van der Waals surface area contributed by atoms with Gasteiger partial charge in [-0.25, -0.2) is 4.79 Å². The molecule has 3 rings (SSSR count). The lowest BCUT2D eigenvalue weighted by Crippen LogP contribution is -2.29. The molecule has 2 N–H and O–H groups in total. The topological polar surface area (TPSA) is 116 Å². The van der Waals surface area contributed by atoms with E-state index >= 15 is 0 Å². The van der Waals surface area contributed by atoms with Crippen LogP contribution >= 0.6 is 0 Å². The van der Waals surface area contributed by atoms with E-state index in [4.69, 9.17) is 9.47 Å². The number of carboxylic acid groups (broad SMARTS) is 1. The first-order valence-corrected chi connectivity index (χ1v) is 10.6. The number of nitrogens with one attached hydrogen (secondary N) is 1. The quantitative estimate of drug-likeness (QED) is 0.486. The Hall–Kier alpha value is -3.72. The zero-order chi connectivity index (χ0) is 24.0. The molecule has 174 valence electrons. The summed E-state index contributed by atoms with van der Waals surface area (Å²) in [5, 5.41) is 16.7. The van der Waals surface area contributed by atoms with Crippen LogP contribution in [0.5, 0.6) is 5.75 Å². The van der Waals surface area contributed by atoms with Crippen molar-refractivity contribution in [2.24, 2.45) is 7.05 Å². The molecule has 0 saturated carbocycles. The van der Waals surface area contributed by atoms with Crippen LogP contribution in [0.2, 0.25) is 0 Å². The molecule has 1 amide bonds. The predicted molar refractivity (Wildman–Crippen MR) is 122 cm³/mol. The van der Waals surface area contributed by atoms with E-state index in [0.717, 1.165) is 11.1 Å². The van der Waals surface area contributed by atoms with Crippen molar-refractivity contribution < 1.29 is 24.2 Å². The lowest BCUT2D eigenvalue weighted by atomic mass is 10.0. The van der Waals surface area contributed by atoms with E-state index < -0.39 is 12.1 Å². The summed E-state index contributed by atoms with van der Waals surface area (Å²) >= 11 is 0. The van der Waals surface area contributed by atoms with Crippen molar-refractivity contribution in [3.63, 3.8) is 0 Å². The van der Waals surface area contributed by atoms with Crippen LogP contribution in [0.1, 0.15) is 35.5 Å². The van der Waals surface area contributed by atoms with Gasteiger partial charge in [-0.2, -0.15) is 5.10 Å². The van der Waals surface area contributed by atoms with E-state index in [9.17, 15) is 14.7 Å². The molecule has 1 atom stereocenters. The van der Waals surface area contributed by atoms with Gasteiger partial charge in [0.05, 0.1) is 18.9 Å². The lowest BCUT2D eigenvalue weighted by molar-refractivity contribution is -0.153. The van der Waals surface area contributed by atoms with E-state index in [1.165, 1.54) is 4.68 Å². The van der Waals surface area contributed by atoms with Crippen LogP contribution in [0.15, 0.2) is 48.7 Å². The summed E-state index contributed by atoms with van der Waals surface area (Å²) in [6, 6.07) is 12.6. The highest BCUT2D eigenvalue weighted by Gasteiger charge is 2.21. The maximum Gasteiger partial charge on any atom is 0.333 e. The number of carboxylic acids is 1. The number of benzene rings is 1. The van der Waals surface area contributed by atoms with Gasteiger partial charge in [0.2, 0.25) is 0 Å². The highest BCUT2D eigenvalue weighted by Crippen LogP contribution is 2.22.